The molecule has 1 aromatic heterocycles. The predicted octanol–water partition coefficient (Wildman–Crippen LogP) is 4.65. The van der Waals surface area contributed by atoms with Gasteiger partial charge in [-0.05, 0) is 55.0 Å². The Bertz CT molecular complexity index is 842. The van der Waals surface area contributed by atoms with Gasteiger partial charge in [0.25, 0.3) is 5.91 Å². The van der Waals surface area contributed by atoms with Crippen molar-refractivity contribution in [2.24, 2.45) is 4.99 Å². The van der Waals surface area contributed by atoms with Crippen molar-refractivity contribution in [3.63, 3.8) is 0 Å². The molecule has 0 radical (unpaired) electrons. The van der Waals surface area contributed by atoms with Crippen LogP contribution in [-0.2, 0) is 4.79 Å². The molecule has 2 aromatic rings. The minimum absolute atomic E-state index is 0.00375. The van der Waals surface area contributed by atoms with Crippen molar-refractivity contribution in [2.45, 2.75) is 13.8 Å². The Balaban J connectivity index is 1.87. The van der Waals surface area contributed by atoms with Gasteiger partial charge < -0.3 is 0 Å². The summed E-state index contributed by atoms with van der Waals surface area (Å²) in [5, 5.41) is 0.694. The molecule has 2 heterocycles. The van der Waals surface area contributed by atoms with Crippen LogP contribution in [0.5, 0.6) is 0 Å². The van der Waals surface area contributed by atoms with Crippen LogP contribution in [0.1, 0.15) is 19.4 Å². The number of amides is 1. The molecule has 4 nitrogen and oxygen atoms in total. The first-order valence-electron chi connectivity index (χ1n) is 8.11. The average molecular weight is 349 g/mol. The molecular weight excluding hydrogens is 330 g/mol. The van der Waals surface area contributed by atoms with Crippen molar-refractivity contribution in [1.29, 1.82) is 0 Å². The number of nitrogens with zero attached hydrogens (tertiary/aromatic N) is 3. The Hall–Kier alpha value is -2.66. The number of thioether (sulfide) groups is 1. The number of likely N-dealkylation sites (N-methyl/N-ethyl adjacent to an activating group) is 1. The van der Waals surface area contributed by atoms with E-state index in [1.807, 2.05) is 62.4 Å². The lowest BCUT2D eigenvalue weighted by atomic mass is 10.1. The number of aromatic nitrogens is 1. The molecule has 0 saturated carbocycles. The van der Waals surface area contributed by atoms with Crippen LogP contribution in [0.3, 0.4) is 0 Å². The number of rotatable bonds is 4. The fourth-order valence-electron chi connectivity index (χ4n) is 2.46. The second kappa shape index (κ2) is 7.94. The maximum Gasteiger partial charge on any atom is 0.266 e. The van der Waals surface area contributed by atoms with Crippen LogP contribution in [0.2, 0.25) is 0 Å². The normalized spacial score (nSPS) is 18.4. The van der Waals surface area contributed by atoms with Gasteiger partial charge >= 0.3 is 0 Å². The molecule has 1 aliphatic rings. The van der Waals surface area contributed by atoms with E-state index in [0.717, 1.165) is 16.8 Å². The van der Waals surface area contributed by atoms with Crippen molar-refractivity contribution in [3.05, 3.63) is 77.0 Å². The molecule has 0 bridgehead atoms. The zero-order chi connectivity index (χ0) is 17.6. The van der Waals surface area contributed by atoms with Crippen LogP contribution < -0.4 is 0 Å². The van der Waals surface area contributed by atoms with E-state index < -0.39 is 0 Å². The van der Waals surface area contributed by atoms with E-state index in [2.05, 4.69) is 16.1 Å². The van der Waals surface area contributed by atoms with Gasteiger partial charge in [-0.25, -0.2) is 4.99 Å². The number of allylic oxidation sites excluding steroid dienone is 2. The Morgan fingerprint density at radius 3 is 2.72 bits per heavy atom. The highest BCUT2D eigenvalue weighted by Crippen LogP contribution is 2.33. The molecule has 0 unspecified atom stereocenters. The Labute approximate surface area is 152 Å². The molecule has 25 heavy (non-hydrogen) atoms. The van der Waals surface area contributed by atoms with E-state index in [1.54, 1.807) is 17.3 Å². The van der Waals surface area contributed by atoms with Gasteiger partial charge in [0.15, 0.2) is 5.17 Å². The van der Waals surface area contributed by atoms with Crippen LogP contribution in [0, 0.1) is 0 Å². The Morgan fingerprint density at radius 2 is 2.04 bits per heavy atom. The van der Waals surface area contributed by atoms with Gasteiger partial charge in [0.05, 0.1) is 16.8 Å². The highest BCUT2D eigenvalue weighted by molar-refractivity contribution is 8.18. The Kier molecular flexibility index (Phi) is 5.46. The van der Waals surface area contributed by atoms with Crippen LogP contribution in [-0.4, -0.2) is 27.5 Å². The van der Waals surface area contributed by atoms with Crippen molar-refractivity contribution in [2.75, 3.05) is 6.54 Å². The first-order chi connectivity index (χ1) is 12.2. The third kappa shape index (κ3) is 4.25. The molecule has 3 rings (SSSR count). The van der Waals surface area contributed by atoms with Gasteiger partial charge in [-0.1, -0.05) is 36.4 Å². The van der Waals surface area contributed by atoms with Crippen molar-refractivity contribution in [3.8, 4) is 0 Å². The van der Waals surface area contributed by atoms with Crippen molar-refractivity contribution < 1.29 is 4.79 Å². The van der Waals surface area contributed by atoms with Crippen LogP contribution in [0.4, 0.5) is 5.69 Å². The molecule has 1 amide bonds. The first kappa shape index (κ1) is 17.2. The smallest absolute Gasteiger partial charge is 0.266 e. The largest absolute Gasteiger partial charge is 0.287 e. The summed E-state index contributed by atoms with van der Waals surface area (Å²) in [4.78, 5) is 23.7. The van der Waals surface area contributed by atoms with Crippen LogP contribution in [0.15, 0.2) is 76.4 Å². The van der Waals surface area contributed by atoms with E-state index >= 15 is 0 Å². The first-order valence-corrected chi connectivity index (χ1v) is 8.92. The van der Waals surface area contributed by atoms with Gasteiger partial charge in [-0.3, -0.25) is 14.7 Å². The van der Waals surface area contributed by atoms with E-state index in [-0.39, 0.29) is 5.91 Å². The predicted molar refractivity (Wildman–Crippen MR) is 104 cm³/mol. The van der Waals surface area contributed by atoms with Gasteiger partial charge in [-0.2, -0.15) is 0 Å². The Morgan fingerprint density at radius 1 is 1.24 bits per heavy atom. The average Bonchev–Trinajstić information content (AvgIpc) is 2.91. The van der Waals surface area contributed by atoms with Crippen LogP contribution >= 0.6 is 11.8 Å². The van der Waals surface area contributed by atoms with Crippen molar-refractivity contribution >= 4 is 34.6 Å². The molecule has 0 N–H and O–H groups in total. The van der Waals surface area contributed by atoms with Gasteiger partial charge in [0.1, 0.15) is 0 Å². The summed E-state index contributed by atoms with van der Waals surface area (Å²) < 4.78 is 0. The summed E-state index contributed by atoms with van der Waals surface area (Å²) >= 11 is 1.40. The standard InChI is InChI=1S/C20H19N3OS/c1-3-23-19(24)18(13-15(2)12-16-8-5-4-6-9-16)25-20(23)22-17-10-7-11-21-14-17/h4-14H,3H2,1-2H3/b15-12+,18-13-,22-20?. The fraction of sp³-hybridized carbons (Fsp3) is 0.150. The lowest BCUT2D eigenvalue weighted by Crippen LogP contribution is -2.28. The summed E-state index contributed by atoms with van der Waals surface area (Å²) in [6.07, 6.45) is 7.38. The topological polar surface area (TPSA) is 45.6 Å². The zero-order valence-corrected chi connectivity index (χ0v) is 15.0. The number of aliphatic imine (C=N–C) groups is 1. The number of hydrogen-bond acceptors (Lipinski definition) is 4. The summed E-state index contributed by atoms with van der Waals surface area (Å²) in [6.45, 7) is 4.54. The van der Waals surface area contributed by atoms with Gasteiger partial charge in [0.2, 0.25) is 0 Å². The minimum atomic E-state index is -0.00375. The van der Waals surface area contributed by atoms with E-state index in [0.29, 0.717) is 16.6 Å². The molecule has 1 aliphatic heterocycles. The number of benzene rings is 1. The molecular formula is C20H19N3OS. The maximum absolute atomic E-state index is 12.6. The summed E-state index contributed by atoms with van der Waals surface area (Å²) in [5.41, 5.74) is 2.89. The number of amidine groups is 1. The second-order valence-electron chi connectivity index (χ2n) is 5.56. The van der Waals surface area contributed by atoms with Gasteiger partial charge in [-0.15, -0.1) is 0 Å². The summed E-state index contributed by atoms with van der Waals surface area (Å²) in [5.74, 6) is -0.00375. The highest BCUT2D eigenvalue weighted by Gasteiger charge is 2.32. The molecule has 0 spiro atoms. The SMILES string of the molecule is CCN1C(=O)/C(=C/C(C)=C/c2ccccc2)SC1=Nc1cccnc1. The quantitative estimate of drug-likeness (QED) is 0.755. The zero-order valence-electron chi connectivity index (χ0n) is 14.2. The highest BCUT2D eigenvalue weighted by atomic mass is 32.2. The lowest BCUT2D eigenvalue weighted by molar-refractivity contribution is -0.122. The summed E-state index contributed by atoms with van der Waals surface area (Å²) in [7, 11) is 0. The molecule has 1 aromatic carbocycles. The third-order valence-electron chi connectivity index (χ3n) is 3.63. The number of hydrogen-bond donors (Lipinski definition) is 0. The van der Waals surface area contributed by atoms with E-state index in [9.17, 15) is 4.79 Å². The molecule has 1 saturated heterocycles. The van der Waals surface area contributed by atoms with Crippen LogP contribution in [0.25, 0.3) is 6.08 Å². The third-order valence-corrected chi connectivity index (χ3v) is 4.63. The molecule has 0 atom stereocenters. The second-order valence-corrected chi connectivity index (χ2v) is 6.57. The molecule has 0 aliphatic carbocycles. The molecule has 126 valence electrons. The number of carbonyl (C=O) groups is 1. The number of pyridine rings is 1. The minimum Gasteiger partial charge on any atom is -0.287 e. The monoisotopic (exact) mass is 349 g/mol. The van der Waals surface area contributed by atoms with Gasteiger partial charge in [0, 0.05) is 12.7 Å². The molecule has 5 heteroatoms. The van der Waals surface area contributed by atoms with E-state index in [4.69, 9.17) is 0 Å². The molecule has 1 fully saturated rings. The van der Waals surface area contributed by atoms with Crippen molar-refractivity contribution in [1.82, 2.24) is 9.88 Å². The lowest BCUT2D eigenvalue weighted by Gasteiger charge is -2.11. The summed E-state index contributed by atoms with van der Waals surface area (Å²) in [6, 6.07) is 13.8. The van der Waals surface area contributed by atoms with E-state index in [1.165, 1.54) is 11.8 Å². The fourth-order valence-corrected chi connectivity index (χ4v) is 3.57. The number of carbonyl (C=O) groups excluding carboxylic acids is 1. The maximum atomic E-state index is 12.6.